The van der Waals surface area contributed by atoms with Crippen molar-refractivity contribution < 1.29 is 4.42 Å². The Balaban J connectivity index is 2.11. The maximum Gasteiger partial charge on any atom is 0.152 e. The molecule has 0 amide bonds. The highest BCUT2D eigenvalue weighted by molar-refractivity contribution is 6.34. The van der Waals surface area contributed by atoms with Crippen LogP contribution in [0, 0.1) is 5.92 Å². The molecule has 0 saturated heterocycles. The highest BCUT2D eigenvalue weighted by Gasteiger charge is 2.06. The molecule has 0 bridgehead atoms. The molecule has 2 rings (SSSR count). The van der Waals surface area contributed by atoms with Crippen molar-refractivity contribution in [1.29, 1.82) is 0 Å². The molecule has 16 heavy (non-hydrogen) atoms. The van der Waals surface area contributed by atoms with Crippen LogP contribution in [-0.4, -0.2) is 6.54 Å². The maximum atomic E-state index is 6.04. The minimum Gasteiger partial charge on any atom is -0.458 e. The van der Waals surface area contributed by atoms with E-state index in [0.717, 1.165) is 29.8 Å². The average Bonchev–Trinajstić information content (AvgIpc) is 2.61. The normalized spacial score (nSPS) is 11.5. The molecule has 0 saturated carbocycles. The highest BCUT2D eigenvalue weighted by atomic mass is 35.5. The summed E-state index contributed by atoms with van der Waals surface area (Å²) >= 11 is 6.04. The molecule has 0 fully saturated rings. The molecular formula is C13H16ClNO. The predicted molar refractivity (Wildman–Crippen MR) is 67.8 cm³/mol. The van der Waals surface area contributed by atoms with E-state index >= 15 is 0 Å². The Hall–Kier alpha value is -0.990. The van der Waals surface area contributed by atoms with E-state index in [2.05, 4.69) is 19.2 Å². The predicted octanol–water partition coefficient (Wildman–Crippen LogP) is 3.83. The van der Waals surface area contributed by atoms with Gasteiger partial charge < -0.3 is 9.73 Å². The molecule has 2 nitrogen and oxygen atoms in total. The van der Waals surface area contributed by atoms with Gasteiger partial charge >= 0.3 is 0 Å². The SMILES string of the molecule is CC(C)CNCc1cc2cccc(Cl)c2o1. The first-order chi connectivity index (χ1) is 7.66. The van der Waals surface area contributed by atoms with E-state index in [9.17, 15) is 0 Å². The van der Waals surface area contributed by atoms with Crippen molar-refractivity contribution in [1.82, 2.24) is 5.32 Å². The lowest BCUT2D eigenvalue weighted by atomic mass is 10.2. The fourth-order valence-electron chi connectivity index (χ4n) is 1.65. The third kappa shape index (κ3) is 2.57. The fourth-order valence-corrected chi connectivity index (χ4v) is 1.87. The van der Waals surface area contributed by atoms with Gasteiger partial charge in [0.1, 0.15) is 5.76 Å². The number of para-hydroxylation sites is 1. The smallest absolute Gasteiger partial charge is 0.152 e. The number of nitrogens with one attached hydrogen (secondary N) is 1. The van der Waals surface area contributed by atoms with Crippen LogP contribution in [0.4, 0.5) is 0 Å². The van der Waals surface area contributed by atoms with Crippen molar-refractivity contribution in [3.63, 3.8) is 0 Å². The van der Waals surface area contributed by atoms with Crippen LogP contribution in [0.15, 0.2) is 28.7 Å². The van der Waals surface area contributed by atoms with E-state index in [4.69, 9.17) is 16.0 Å². The minimum absolute atomic E-state index is 0.646. The number of benzene rings is 1. The van der Waals surface area contributed by atoms with Crippen LogP contribution in [0.1, 0.15) is 19.6 Å². The molecule has 0 atom stereocenters. The zero-order valence-corrected chi connectivity index (χ0v) is 10.3. The molecule has 2 aromatic rings. The molecule has 86 valence electrons. The molecule has 1 N–H and O–H groups in total. The molecule has 1 aromatic heterocycles. The standard InChI is InChI=1S/C13H16ClNO/c1-9(2)7-15-8-11-6-10-4-3-5-12(14)13(10)16-11/h3-6,9,15H,7-8H2,1-2H3. The summed E-state index contributed by atoms with van der Waals surface area (Å²) < 4.78 is 5.69. The molecule has 0 aliphatic rings. The van der Waals surface area contributed by atoms with Gasteiger partial charge in [-0.1, -0.05) is 37.6 Å². The summed E-state index contributed by atoms with van der Waals surface area (Å²) in [5.74, 6) is 1.58. The van der Waals surface area contributed by atoms with Crippen LogP contribution in [0.3, 0.4) is 0 Å². The molecule has 1 aromatic carbocycles. The van der Waals surface area contributed by atoms with Gasteiger partial charge in [-0.05, 0) is 24.6 Å². The van der Waals surface area contributed by atoms with E-state index in [1.165, 1.54) is 0 Å². The van der Waals surface area contributed by atoms with E-state index < -0.39 is 0 Å². The van der Waals surface area contributed by atoms with Crippen molar-refractivity contribution in [2.75, 3.05) is 6.54 Å². The summed E-state index contributed by atoms with van der Waals surface area (Å²) in [5, 5.41) is 5.08. The van der Waals surface area contributed by atoms with Gasteiger partial charge in [0.15, 0.2) is 5.58 Å². The van der Waals surface area contributed by atoms with Crippen LogP contribution < -0.4 is 5.32 Å². The molecular weight excluding hydrogens is 222 g/mol. The first-order valence-corrected chi connectivity index (χ1v) is 5.92. The molecule has 0 spiro atoms. The summed E-state index contributed by atoms with van der Waals surface area (Å²) in [4.78, 5) is 0. The van der Waals surface area contributed by atoms with E-state index in [1.807, 2.05) is 24.3 Å². The zero-order valence-electron chi connectivity index (χ0n) is 9.59. The van der Waals surface area contributed by atoms with Crippen molar-refractivity contribution in [3.05, 3.63) is 35.0 Å². The minimum atomic E-state index is 0.646. The molecule has 0 unspecified atom stereocenters. The first-order valence-electron chi connectivity index (χ1n) is 5.54. The number of hydrogen-bond donors (Lipinski definition) is 1. The number of furan rings is 1. The van der Waals surface area contributed by atoms with Crippen LogP contribution in [0.5, 0.6) is 0 Å². The third-order valence-corrected chi connectivity index (χ3v) is 2.70. The largest absolute Gasteiger partial charge is 0.458 e. The Morgan fingerprint density at radius 2 is 2.19 bits per heavy atom. The third-order valence-electron chi connectivity index (χ3n) is 2.40. The number of rotatable bonds is 4. The molecule has 0 aliphatic heterocycles. The first kappa shape index (κ1) is 11.5. The van der Waals surface area contributed by atoms with Crippen LogP contribution in [0.25, 0.3) is 11.0 Å². The van der Waals surface area contributed by atoms with Gasteiger partial charge in [-0.15, -0.1) is 0 Å². The molecule has 0 aliphatic carbocycles. The molecule has 1 heterocycles. The van der Waals surface area contributed by atoms with Gasteiger partial charge in [0, 0.05) is 5.39 Å². The summed E-state index contributed by atoms with van der Waals surface area (Å²) in [6.45, 7) is 6.11. The van der Waals surface area contributed by atoms with Gasteiger partial charge in [0.25, 0.3) is 0 Å². The Bertz CT molecular complexity index is 476. The molecule has 3 heteroatoms. The van der Waals surface area contributed by atoms with E-state index in [0.29, 0.717) is 10.9 Å². The van der Waals surface area contributed by atoms with E-state index in [-0.39, 0.29) is 0 Å². The number of hydrogen-bond acceptors (Lipinski definition) is 2. The van der Waals surface area contributed by atoms with Crippen molar-refractivity contribution in [3.8, 4) is 0 Å². The van der Waals surface area contributed by atoms with Crippen molar-refractivity contribution in [2.45, 2.75) is 20.4 Å². The average molecular weight is 238 g/mol. The second-order valence-corrected chi connectivity index (χ2v) is 4.80. The summed E-state index contributed by atoms with van der Waals surface area (Å²) in [6.07, 6.45) is 0. The summed E-state index contributed by atoms with van der Waals surface area (Å²) in [6, 6.07) is 7.83. The topological polar surface area (TPSA) is 25.2 Å². The Morgan fingerprint density at radius 1 is 1.38 bits per heavy atom. The van der Waals surface area contributed by atoms with Gasteiger partial charge in [-0.25, -0.2) is 0 Å². The van der Waals surface area contributed by atoms with Crippen LogP contribution in [-0.2, 0) is 6.54 Å². The second kappa shape index (κ2) is 4.89. The zero-order chi connectivity index (χ0) is 11.5. The van der Waals surface area contributed by atoms with Gasteiger partial charge in [0.05, 0.1) is 11.6 Å². The highest BCUT2D eigenvalue weighted by Crippen LogP contribution is 2.26. The van der Waals surface area contributed by atoms with Gasteiger partial charge in [0.2, 0.25) is 0 Å². The quantitative estimate of drug-likeness (QED) is 0.874. The fraction of sp³-hybridized carbons (Fsp3) is 0.385. The van der Waals surface area contributed by atoms with Gasteiger partial charge in [-0.3, -0.25) is 0 Å². The van der Waals surface area contributed by atoms with Crippen LogP contribution in [0.2, 0.25) is 5.02 Å². The Kier molecular flexibility index (Phi) is 3.52. The van der Waals surface area contributed by atoms with Crippen molar-refractivity contribution in [2.24, 2.45) is 5.92 Å². The lowest BCUT2D eigenvalue weighted by molar-refractivity contribution is 0.485. The Morgan fingerprint density at radius 3 is 2.88 bits per heavy atom. The second-order valence-electron chi connectivity index (χ2n) is 4.40. The van der Waals surface area contributed by atoms with Gasteiger partial charge in [-0.2, -0.15) is 0 Å². The van der Waals surface area contributed by atoms with Crippen LogP contribution >= 0.6 is 11.6 Å². The maximum absolute atomic E-state index is 6.04. The number of halogens is 1. The van der Waals surface area contributed by atoms with E-state index in [1.54, 1.807) is 0 Å². The summed E-state index contributed by atoms with van der Waals surface area (Å²) in [5.41, 5.74) is 0.783. The molecule has 0 radical (unpaired) electrons. The number of fused-ring (bicyclic) bond motifs is 1. The lowest BCUT2D eigenvalue weighted by Gasteiger charge is -2.04. The summed E-state index contributed by atoms with van der Waals surface area (Å²) in [7, 11) is 0. The van der Waals surface area contributed by atoms with Crippen molar-refractivity contribution >= 4 is 22.6 Å². The lowest BCUT2D eigenvalue weighted by Crippen LogP contribution is -2.18. The Labute approximate surface area is 101 Å². The monoisotopic (exact) mass is 237 g/mol.